The molecule has 0 bridgehead atoms. The number of carbonyl (C=O) groups excluding carboxylic acids is 2. The highest BCUT2D eigenvalue weighted by Crippen LogP contribution is 2.16. The standard InChI is InChI=1S/C25H28N2O4S/c1-18-3-7-20(8-4-18)9-12-23(28)26-13-14-30-25(29)15-21-17-32-24(27-21)16-31-22-10-5-19(2)6-11-22/h3-8,10-11,17H,9,12-16H2,1-2H3,(H,26,28). The highest BCUT2D eigenvalue weighted by atomic mass is 32.1. The molecule has 0 saturated carbocycles. The fourth-order valence-corrected chi connectivity index (χ4v) is 3.64. The molecule has 0 saturated heterocycles. The summed E-state index contributed by atoms with van der Waals surface area (Å²) in [5.41, 5.74) is 4.16. The predicted molar refractivity (Wildman–Crippen MR) is 125 cm³/mol. The molecule has 0 aliphatic rings. The van der Waals surface area contributed by atoms with E-state index in [-0.39, 0.29) is 24.9 Å². The minimum Gasteiger partial charge on any atom is -0.486 e. The van der Waals surface area contributed by atoms with Crippen molar-refractivity contribution in [3.05, 3.63) is 81.3 Å². The van der Waals surface area contributed by atoms with Crippen LogP contribution in [0.3, 0.4) is 0 Å². The van der Waals surface area contributed by atoms with E-state index in [1.807, 2.05) is 67.8 Å². The van der Waals surface area contributed by atoms with Crippen molar-refractivity contribution >= 4 is 23.2 Å². The van der Waals surface area contributed by atoms with E-state index in [0.717, 1.165) is 16.3 Å². The monoisotopic (exact) mass is 452 g/mol. The quantitative estimate of drug-likeness (QED) is 0.349. The molecule has 0 fully saturated rings. The lowest BCUT2D eigenvalue weighted by molar-refractivity contribution is -0.143. The Morgan fingerprint density at radius 1 is 1.00 bits per heavy atom. The maximum Gasteiger partial charge on any atom is 0.311 e. The van der Waals surface area contributed by atoms with Gasteiger partial charge in [0.1, 0.15) is 24.0 Å². The van der Waals surface area contributed by atoms with E-state index in [1.54, 1.807) is 0 Å². The molecule has 7 heteroatoms. The Balaban J connectivity index is 1.29. The molecular formula is C25H28N2O4S. The third-order valence-electron chi connectivity index (χ3n) is 4.76. The zero-order valence-electron chi connectivity index (χ0n) is 18.4. The number of esters is 1. The Bertz CT molecular complexity index is 1010. The number of nitrogens with zero attached hydrogens (tertiary/aromatic N) is 1. The number of amides is 1. The number of nitrogens with one attached hydrogen (secondary N) is 1. The van der Waals surface area contributed by atoms with E-state index in [1.165, 1.54) is 22.5 Å². The van der Waals surface area contributed by atoms with Gasteiger partial charge in [-0.25, -0.2) is 4.98 Å². The van der Waals surface area contributed by atoms with E-state index >= 15 is 0 Å². The molecule has 2 aromatic carbocycles. The molecule has 0 aliphatic carbocycles. The highest BCUT2D eigenvalue weighted by molar-refractivity contribution is 7.09. The lowest BCUT2D eigenvalue weighted by Gasteiger charge is -2.07. The van der Waals surface area contributed by atoms with E-state index in [2.05, 4.69) is 10.3 Å². The number of ether oxygens (including phenoxy) is 2. The third kappa shape index (κ3) is 8.15. The summed E-state index contributed by atoms with van der Waals surface area (Å²) in [6, 6.07) is 16.0. The van der Waals surface area contributed by atoms with Crippen LogP contribution in [0.4, 0.5) is 0 Å². The van der Waals surface area contributed by atoms with Gasteiger partial charge in [-0.3, -0.25) is 9.59 Å². The molecule has 0 spiro atoms. The van der Waals surface area contributed by atoms with Gasteiger partial charge in [0, 0.05) is 11.8 Å². The van der Waals surface area contributed by atoms with Crippen molar-refractivity contribution in [2.45, 2.75) is 39.7 Å². The number of carbonyl (C=O) groups is 2. The molecule has 1 amide bonds. The van der Waals surface area contributed by atoms with Gasteiger partial charge < -0.3 is 14.8 Å². The van der Waals surface area contributed by atoms with Crippen LogP contribution in [-0.4, -0.2) is 30.0 Å². The Labute approximate surface area is 192 Å². The van der Waals surface area contributed by atoms with Crippen LogP contribution >= 0.6 is 11.3 Å². The number of aryl methyl sites for hydroxylation is 3. The van der Waals surface area contributed by atoms with Crippen LogP contribution in [0.25, 0.3) is 0 Å². The van der Waals surface area contributed by atoms with Gasteiger partial charge in [-0.05, 0) is 38.0 Å². The summed E-state index contributed by atoms with van der Waals surface area (Å²) in [4.78, 5) is 28.4. The van der Waals surface area contributed by atoms with Gasteiger partial charge in [-0.2, -0.15) is 0 Å². The van der Waals surface area contributed by atoms with Crippen LogP contribution in [0.2, 0.25) is 0 Å². The Kier molecular flexibility index (Phi) is 8.80. The topological polar surface area (TPSA) is 77.5 Å². The van der Waals surface area contributed by atoms with Crippen LogP contribution in [0.15, 0.2) is 53.9 Å². The fourth-order valence-electron chi connectivity index (χ4n) is 2.93. The van der Waals surface area contributed by atoms with Gasteiger partial charge in [-0.15, -0.1) is 11.3 Å². The molecule has 0 atom stereocenters. The number of hydrogen-bond donors (Lipinski definition) is 1. The normalized spacial score (nSPS) is 10.6. The van der Waals surface area contributed by atoms with Gasteiger partial charge in [0.2, 0.25) is 5.91 Å². The summed E-state index contributed by atoms with van der Waals surface area (Å²) in [5, 5.41) is 5.41. The summed E-state index contributed by atoms with van der Waals surface area (Å²) in [7, 11) is 0. The Hall–Kier alpha value is -3.19. The summed E-state index contributed by atoms with van der Waals surface area (Å²) in [6.07, 6.45) is 1.19. The molecule has 0 unspecified atom stereocenters. The molecule has 0 radical (unpaired) electrons. The molecule has 1 heterocycles. The average molecular weight is 453 g/mol. The van der Waals surface area contributed by atoms with E-state index < -0.39 is 0 Å². The lowest BCUT2D eigenvalue weighted by Crippen LogP contribution is -2.28. The van der Waals surface area contributed by atoms with Gasteiger partial charge in [0.25, 0.3) is 0 Å². The van der Waals surface area contributed by atoms with E-state index in [0.29, 0.717) is 31.7 Å². The maximum absolute atomic E-state index is 12.0. The summed E-state index contributed by atoms with van der Waals surface area (Å²) in [5.74, 6) is 0.363. The van der Waals surface area contributed by atoms with Crippen molar-refractivity contribution in [1.82, 2.24) is 10.3 Å². The minimum absolute atomic E-state index is 0.0562. The number of thiazole rings is 1. The Morgan fingerprint density at radius 3 is 2.41 bits per heavy atom. The van der Waals surface area contributed by atoms with Crippen LogP contribution in [0.5, 0.6) is 5.75 Å². The van der Waals surface area contributed by atoms with E-state index in [4.69, 9.17) is 9.47 Å². The summed E-state index contributed by atoms with van der Waals surface area (Å²) < 4.78 is 10.9. The summed E-state index contributed by atoms with van der Waals surface area (Å²) >= 11 is 1.45. The molecule has 6 nitrogen and oxygen atoms in total. The SMILES string of the molecule is Cc1ccc(CCC(=O)NCCOC(=O)Cc2csc(COc3ccc(C)cc3)n2)cc1. The largest absolute Gasteiger partial charge is 0.486 e. The first-order valence-electron chi connectivity index (χ1n) is 10.6. The average Bonchev–Trinajstić information content (AvgIpc) is 3.23. The molecule has 0 aliphatic heterocycles. The van der Waals surface area contributed by atoms with Crippen molar-refractivity contribution in [2.75, 3.05) is 13.2 Å². The molecule has 168 valence electrons. The molecule has 1 N–H and O–H groups in total. The van der Waals surface area contributed by atoms with E-state index in [9.17, 15) is 9.59 Å². The number of hydrogen-bond acceptors (Lipinski definition) is 6. The van der Waals surface area contributed by atoms with Gasteiger partial charge in [0.05, 0.1) is 18.7 Å². The van der Waals surface area contributed by atoms with Crippen molar-refractivity contribution in [3.8, 4) is 5.75 Å². The smallest absolute Gasteiger partial charge is 0.311 e. The van der Waals surface area contributed by atoms with Crippen molar-refractivity contribution in [2.24, 2.45) is 0 Å². The second-order valence-corrected chi connectivity index (χ2v) is 8.51. The summed E-state index contributed by atoms with van der Waals surface area (Å²) in [6.45, 7) is 4.86. The second kappa shape index (κ2) is 12.0. The van der Waals surface area contributed by atoms with Crippen LogP contribution in [-0.2, 0) is 33.8 Å². The molecular weight excluding hydrogens is 424 g/mol. The Morgan fingerprint density at radius 2 is 1.69 bits per heavy atom. The molecule has 1 aromatic heterocycles. The van der Waals surface area contributed by atoms with Gasteiger partial charge >= 0.3 is 5.97 Å². The first-order chi connectivity index (χ1) is 15.5. The first-order valence-corrected chi connectivity index (χ1v) is 11.5. The molecule has 32 heavy (non-hydrogen) atoms. The molecule has 3 aromatic rings. The van der Waals surface area contributed by atoms with Crippen LogP contribution in [0.1, 0.15) is 33.8 Å². The number of rotatable bonds is 11. The van der Waals surface area contributed by atoms with Gasteiger partial charge in [-0.1, -0.05) is 47.5 Å². The van der Waals surface area contributed by atoms with Crippen molar-refractivity contribution in [1.29, 1.82) is 0 Å². The molecule has 3 rings (SSSR count). The highest BCUT2D eigenvalue weighted by Gasteiger charge is 2.10. The van der Waals surface area contributed by atoms with Crippen LogP contribution < -0.4 is 10.1 Å². The lowest BCUT2D eigenvalue weighted by atomic mass is 10.1. The van der Waals surface area contributed by atoms with Crippen molar-refractivity contribution in [3.63, 3.8) is 0 Å². The minimum atomic E-state index is -0.366. The second-order valence-electron chi connectivity index (χ2n) is 7.57. The van der Waals surface area contributed by atoms with Gasteiger partial charge in [0.15, 0.2) is 0 Å². The number of aromatic nitrogens is 1. The third-order valence-corrected chi connectivity index (χ3v) is 5.63. The number of benzene rings is 2. The fraction of sp³-hybridized carbons (Fsp3) is 0.320. The predicted octanol–water partition coefficient (Wildman–Crippen LogP) is 4.17. The van der Waals surface area contributed by atoms with Crippen LogP contribution in [0, 0.1) is 13.8 Å². The zero-order valence-corrected chi connectivity index (χ0v) is 19.2. The first kappa shape index (κ1) is 23.5. The maximum atomic E-state index is 12.0. The van der Waals surface area contributed by atoms with Crippen molar-refractivity contribution < 1.29 is 19.1 Å². The zero-order chi connectivity index (χ0) is 22.8.